The molecule has 0 radical (unpaired) electrons. The molecule has 0 fully saturated rings. The van der Waals surface area contributed by atoms with Crippen LogP contribution in [-0.4, -0.2) is 34.7 Å². The predicted molar refractivity (Wildman–Crippen MR) is 103 cm³/mol. The number of benzene rings is 2. The van der Waals surface area contributed by atoms with Crippen LogP contribution < -0.4 is 18.9 Å². The molecule has 0 aliphatic heterocycles. The summed E-state index contributed by atoms with van der Waals surface area (Å²) >= 11 is 0. The summed E-state index contributed by atoms with van der Waals surface area (Å²) < 4.78 is 43.8. The Labute approximate surface area is 163 Å². The minimum atomic E-state index is -4.01. The number of nitro benzene ring substituents is 1. The van der Waals surface area contributed by atoms with Crippen molar-refractivity contribution < 1.29 is 27.6 Å². The maximum absolute atomic E-state index is 12.8. The van der Waals surface area contributed by atoms with Gasteiger partial charge in [-0.15, -0.1) is 0 Å². The number of nitrogens with zero attached hydrogens (tertiary/aromatic N) is 1. The first kappa shape index (κ1) is 21.5. The van der Waals surface area contributed by atoms with Crippen LogP contribution in [0.5, 0.6) is 17.2 Å². The van der Waals surface area contributed by atoms with E-state index in [9.17, 15) is 18.5 Å². The van der Waals surface area contributed by atoms with E-state index in [0.29, 0.717) is 33.9 Å². The molecule has 0 atom stereocenters. The van der Waals surface area contributed by atoms with Gasteiger partial charge < -0.3 is 14.2 Å². The summed E-state index contributed by atoms with van der Waals surface area (Å²) in [4.78, 5) is 10.3. The Hall–Kier alpha value is -2.85. The van der Waals surface area contributed by atoms with Crippen molar-refractivity contribution in [2.24, 2.45) is 0 Å². The van der Waals surface area contributed by atoms with E-state index < -0.39 is 14.9 Å². The Bertz CT molecular complexity index is 1000. The largest absolute Gasteiger partial charge is 0.496 e. The Morgan fingerprint density at radius 3 is 2.07 bits per heavy atom. The second-order valence-corrected chi connectivity index (χ2v) is 7.72. The van der Waals surface area contributed by atoms with Crippen LogP contribution in [0.25, 0.3) is 0 Å². The van der Waals surface area contributed by atoms with E-state index in [2.05, 4.69) is 4.72 Å². The van der Waals surface area contributed by atoms with E-state index in [1.165, 1.54) is 27.4 Å². The molecule has 0 bridgehead atoms. The molecular formula is C18H22N2O7S. The first-order valence-corrected chi connectivity index (χ1v) is 9.67. The predicted octanol–water partition coefficient (Wildman–Crippen LogP) is 2.72. The molecule has 0 aliphatic carbocycles. The average molecular weight is 410 g/mol. The van der Waals surface area contributed by atoms with Crippen LogP contribution in [0, 0.1) is 24.0 Å². The fraction of sp³-hybridized carbons (Fsp3) is 0.333. The number of aryl methyl sites for hydroxylation is 1. The fourth-order valence-corrected chi connectivity index (χ4v) is 4.02. The second-order valence-electron chi connectivity index (χ2n) is 5.99. The van der Waals surface area contributed by atoms with Gasteiger partial charge in [0.1, 0.15) is 5.75 Å². The molecule has 2 aromatic carbocycles. The molecule has 10 heteroatoms. The van der Waals surface area contributed by atoms with Gasteiger partial charge in [-0.25, -0.2) is 13.1 Å². The maximum atomic E-state index is 12.8. The third-order valence-electron chi connectivity index (χ3n) is 4.34. The lowest BCUT2D eigenvalue weighted by molar-refractivity contribution is -0.385. The van der Waals surface area contributed by atoms with Gasteiger partial charge in [0.25, 0.3) is 5.69 Å². The molecule has 28 heavy (non-hydrogen) atoms. The van der Waals surface area contributed by atoms with Gasteiger partial charge in [0.05, 0.1) is 31.1 Å². The number of ether oxygens (including phenoxy) is 3. The third-order valence-corrected chi connectivity index (χ3v) is 5.87. The van der Waals surface area contributed by atoms with E-state index >= 15 is 0 Å². The summed E-state index contributed by atoms with van der Waals surface area (Å²) in [5, 5.41) is 11.1. The highest BCUT2D eigenvalue weighted by Crippen LogP contribution is 2.35. The highest BCUT2D eigenvalue weighted by Gasteiger charge is 2.23. The standard InChI is InChI=1S/C18H22N2O7S/c1-11-6-14(20(21)22)8-18(12(11)2)28(23,24)19-10-13-7-16(26-4)17(27-5)9-15(13)25-3/h6-9,19H,10H2,1-5H3. The number of nitrogens with one attached hydrogen (secondary N) is 1. The zero-order valence-electron chi connectivity index (χ0n) is 16.2. The molecule has 0 saturated heterocycles. The maximum Gasteiger partial charge on any atom is 0.271 e. The number of methoxy groups -OCH3 is 3. The van der Waals surface area contributed by atoms with E-state index in [0.717, 1.165) is 6.07 Å². The minimum Gasteiger partial charge on any atom is -0.496 e. The first-order chi connectivity index (χ1) is 13.1. The lowest BCUT2D eigenvalue weighted by atomic mass is 10.1. The zero-order chi connectivity index (χ0) is 21.1. The monoisotopic (exact) mass is 410 g/mol. The van der Waals surface area contributed by atoms with Gasteiger partial charge in [0.15, 0.2) is 11.5 Å². The highest BCUT2D eigenvalue weighted by atomic mass is 32.2. The summed E-state index contributed by atoms with van der Waals surface area (Å²) in [5.41, 5.74) is 1.19. The fourth-order valence-electron chi connectivity index (χ4n) is 2.67. The molecule has 2 aromatic rings. The molecule has 0 spiro atoms. The number of hydrogen-bond donors (Lipinski definition) is 1. The topological polar surface area (TPSA) is 117 Å². The smallest absolute Gasteiger partial charge is 0.271 e. The van der Waals surface area contributed by atoms with E-state index in [1.54, 1.807) is 26.0 Å². The van der Waals surface area contributed by atoms with Crippen molar-refractivity contribution in [1.29, 1.82) is 0 Å². The Morgan fingerprint density at radius 1 is 0.964 bits per heavy atom. The molecule has 0 unspecified atom stereocenters. The van der Waals surface area contributed by atoms with Gasteiger partial charge >= 0.3 is 0 Å². The second kappa shape index (κ2) is 8.44. The molecule has 2 rings (SSSR count). The molecule has 9 nitrogen and oxygen atoms in total. The minimum absolute atomic E-state index is 0.104. The van der Waals surface area contributed by atoms with Crippen molar-refractivity contribution in [3.05, 3.63) is 51.1 Å². The SMILES string of the molecule is COc1cc(OC)c(OC)cc1CNS(=O)(=O)c1cc([N+](=O)[O-])cc(C)c1C. The van der Waals surface area contributed by atoms with Crippen molar-refractivity contribution in [2.45, 2.75) is 25.3 Å². The summed E-state index contributed by atoms with van der Waals surface area (Å²) in [6.45, 7) is 3.12. The van der Waals surface area contributed by atoms with Crippen molar-refractivity contribution >= 4 is 15.7 Å². The lowest BCUT2D eigenvalue weighted by Crippen LogP contribution is -2.24. The Morgan fingerprint density at radius 2 is 1.54 bits per heavy atom. The van der Waals surface area contributed by atoms with Gasteiger partial charge in [0.2, 0.25) is 10.0 Å². The van der Waals surface area contributed by atoms with E-state index in [4.69, 9.17) is 14.2 Å². The molecule has 0 heterocycles. The zero-order valence-corrected chi connectivity index (χ0v) is 17.0. The van der Waals surface area contributed by atoms with Crippen molar-refractivity contribution in [2.75, 3.05) is 21.3 Å². The lowest BCUT2D eigenvalue weighted by Gasteiger charge is -2.15. The summed E-state index contributed by atoms with van der Waals surface area (Å²) in [5.74, 6) is 1.27. The summed E-state index contributed by atoms with van der Waals surface area (Å²) in [6, 6.07) is 5.58. The number of nitro groups is 1. The number of hydrogen-bond acceptors (Lipinski definition) is 7. The molecular weight excluding hydrogens is 388 g/mol. The van der Waals surface area contributed by atoms with Crippen LogP contribution in [-0.2, 0) is 16.6 Å². The van der Waals surface area contributed by atoms with Gasteiger partial charge in [-0.05, 0) is 31.0 Å². The van der Waals surface area contributed by atoms with Gasteiger partial charge in [-0.1, -0.05) is 0 Å². The van der Waals surface area contributed by atoms with Gasteiger partial charge in [0, 0.05) is 30.3 Å². The van der Waals surface area contributed by atoms with Crippen LogP contribution in [0.1, 0.15) is 16.7 Å². The number of sulfonamides is 1. The highest BCUT2D eigenvalue weighted by molar-refractivity contribution is 7.89. The number of rotatable bonds is 8. The molecule has 152 valence electrons. The summed E-state index contributed by atoms with van der Waals surface area (Å²) in [7, 11) is 0.387. The van der Waals surface area contributed by atoms with Crippen LogP contribution in [0.4, 0.5) is 5.69 Å². The average Bonchev–Trinajstić information content (AvgIpc) is 2.67. The van der Waals surface area contributed by atoms with Crippen LogP contribution >= 0.6 is 0 Å². The van der Waals surface area contributed by atoms with Crippen molar-refractivity contribution in [3.8, 4) is 17.2 Å². The Balaban J connectivity index is 2.40. The van der Waals surface area contributed by atoms with Crippen LogP contribution in [0.3, 0.4) is 0 Å². The molecule has 0 aliphatic rings. The van der Waals surface area contributed by atoms with Gasteiger partial charge in [-0.3, -0.25) is 10.1 Å². The van der Waals surface area contributed by atoms with E-state index in [-0.39, 0.29) is 17.1 Å². The van der Waals surface area contributed by atoms with Crippen LogP contribution in [0.2, 0.25) is 0 Å². The Kier molecular flexibility index (Phi) is 6.47. The van der Waals surface area contributed by atoms with E-state index in [1.807, 2.05) is 0 Å². The normalized spacial score (nSPS) is 11.2. The van der Waals surface area contributed by atoms with Crippen LogP contribution in [0.15, 0.2) is 29.2 Å². The summed E-state index contributed by atoms with van der Waals surface area (Å²) in [6.07, 6.45) is 0. The first-order valence-electron chi connectivity index (χ1n) is 8.18. The third kappa shape index (κ3) is 4.34. The molecule has 0 amide bonds. The quantitative estimate of drug-likeness (QED) is 0.525. The molecule has 0 aromatic heterocycles. The molecule has 1 N–H and O–H groups in total. The van der Waals surface area contributed by atoms with Gasteiger partial charge in [-0.2, -0.15) is 0 Å². The molecule has 0 saturated carbocycles. The van der Waals surface area contributed by atoms with Crippen molar-refractivity contribution in [1.82, 2.24) is 4.72 Å². The van der Waals surface area contributed by atoms with Crippen molar-refractivity contribution in [3.63, 3.8) is 0 Å². The number of non-ortho nitro benzene ring substituents is 1.